The predicted octanol–water partition coefficient (Wildman–Crippen LogP) is 6.10. The maximum atomic E-state index is 13.2. The van der Waals surface area contributed by atoms with E-state index in [1.54, 1.807) is 10.6 Å². The second-order valence-corrected chi connectivity index (χ2v) is 8.16. The molecule has 4 heteroatoms. The Kier molecular flexibility index (Phi) is 4.62. The van der Waals surface area contributed by atoms with Crippen LogP contribution in [0.25, 0.3) is 38.8 Å². The highest BCUT2D eigenvalue weighted by atomic mass is 16.1. The molecule has 0 bridgehead atoms. The minimum absolute atomic E-state index is 0.125. The Bertz CT molecular complexity index is 1640. The van der Waals surface area contributed by atoms with Crippen LogP contribution >= 0.6 is 0 Å². The zero-order valence-corrected chi connectivity index (χ0v) is 17.9. The van der Waals surface area contributed by atoms with Crippen molar-refractivity contribution in [1.82, 2.24) is 14.6 Å². The molecule has 0 fully saturated rings. The van der Waals surface area contributed by atoms with E-state index in [1.165, 1.54) is 5.56 Å². The van der Waals surface area contributed by atoms with Gasteiger partial charge in [-0.05, 0) is 21.9 Å². The van der Waals surface area contributed by atoms with Crippen molar-refractivity contribution in [2.45, 2.75) is 6.42 Å². The lowest BCUT2D eigenvalue weighted by Crippen LogP contribution is -2.14. The Morgan fingerprint density at radius 1 is 0.758 bits per heavy atom. The Morgan fingerprint density at radius 3 is 2.27 bits per heavy atom. The minimum Gasteiger partial charge on any atom is -0.293 e. The first-order valence-corrected chi connectivity index (χ1v) is 11.0. The van der Waals surface area contributed by atoms with Crippen molar-refractivity contribution in [2.75, 3.05) is 0 Å². The number of hydrogen-bond donors (Lipinski definition) is 1. The van der Waals surface area contributed by atoms with E-state index in [-0.39, 0.29) is 5.56 Å². The first-order valence-electron chi connectivity index (χ1n) is 11.0. The first kappa shape index (κ1) is 19.3. The van der Waals surface area contributed by atoms with Crippen LogP contribution < -0.4 is 5.56 Å². The first-order chi connectivity index (χ1) is 16.3. The predicted molar refractivity (Wildman–Crippen MR) is 133 cm³/mol. The molecule has 0 aliphatic carbocycles. The lowest BCUT2D eigenvalue weighted by atomic mass is 9.96. The summed E-state index contributed by atoms with van der Waals surface area (Å²) in [7, 11) is 0. The fourth-order valence-electron chi connectivity index (χ4n) is 4.49. The van der Waals surface area contributed by atoms with Crippen molar-refractivity contribution >= 4 is 16.4 Å². The number of hydrogen-bond acceptors (Lipinski definition) is 2. The molecule has 2 aromatic heterocycles. The highest BCUT2D eigenvalue weighted by Gasteiger charge is 2.19. The standard InChI is InChI=1S/C29H21N3O/c33-27-19-25(22-13-5-2-6-14-22)30-29-28(24-17-9-15-21-12-7-8-16-23(21)24)26(31-32(27)29)18-20-10-3-1-4-11-20/h1-17,19,31H,18H2. The molecular formula is C29H21N3O. The summed E-state index contributed by atoms with van der Waals surface area (Å²) in [6.45, 7) is 0. The number of rotatable bonds is 4. The van der Waals surface area contributed by atoms with Gasteiger partial charge < -0.3 is 0 Å². The fourth-order valence-corrected chi connectivity index (χ4v) is 4.49. The van der Waals surface area contributed by atoms with E-state index in [9.17, 15) is 4.79 Å². The van der Waals surface area contributed by atoms with E-state index in [4.69, 9.17) is 4.98 Å². The highest BCUT2D eigenvalue weighted by Crippen LogP contribution is 2.34. The summed E-state index contributed by atoms with van der Waals surface area (Å²) in [6.07, 6.45) is 0.670. The van der Waals surface area contributed by atoms with Crippen LogP contribution in [0.15, 0.2) is 114 Å². The van der Waals surface area contributed by atoms with Crippen molar-refractivity contribution in [3.63, 3.8) is 0 Å². The Balaban J connectivity index is 1.67. The van der Waals surface area contributed by atoms with Crippen LogP contribution in [0.4, 0.5) is 0 Å². The normalized spacial score (nSPS) is 11.3. The molecule has 4 aromatic carbocycles. The maximum absolute atomic E-state index is 13.2. The van der Waals surface area contributed by atoms with Crippen LogP contribution in [-0.4, -0.2) is 14.6 Å². The summed E-state index contributed by atoms with van der Waals surface area (Å²) < 4.78 is 1.57. The Labute approximate surface area is 190 Å². The number of fused-ring (bicyclic) bond motifs is 2. The minimum atomic E-state index is -0.125. The fraction of sp³-hybridized carbons (Fsp3) is 0.0345. The zero-order valence-electron chi connectivity index (χ0n) is 17.9. The van der Waals surface area contributed by atoms with Crippen molar-refractivity contribution in [3.05, 3.63) is 131 Å². The van der Waals surface area contributed by atoms with Crippen molar-refractivity contribution in [1.29, 1.82) is 0 Å². The molecule has 0 amide bonds. The van der Waals surface area contributed by atoms with Crippen LogP contribution in [-0.2, 0) is 6.42 Å². The van der Waals surface area contributed by atoms with Crippen LogP contribution in [0.2, 0.25) is 0 Å². The largest absolute Gasteiger partial charge is 0.293 e. The van der Waals surface area contributed by atoms with Gasteiger partial charge in [-0.25, -0.2) is 9.50 Å². The van der Waals surface area contributed by atoms with Gasteiger partial charge in [0.1, 0.15) is 0 Å². The van der Waals surface area contributed by atoms with E-state index < -0.39 is 0 Å². The smallest absolute Gasteiger partial charge is 0.273 e. The summed E-state index contributed by atoms with van der Waals surface area (Å²) in [5.41, 5.74) is 6.28. The summed E-state index contributed by atoms with van der Waals surface area (Å²) in [5, 5.41) is 5.65. The third-order valence-corrected chi connectivity index (χ3v) is 6.04. The van der Waals surface area contributed by atoms with Gasteiger partial charge in [-0.2, -0.15) is 0 Å². The molecule has 0 aliphatic heterocycles. The van der Waals surface area contributed by atoms with E-state index in [2.05, 4.69) is 47.6 Å². The zero-order chi connectivity index (χ0) is 22.2. The number of H-pyrrole nitrogens is 1. The van der Waals surface area contributed by atoms with Crippen molar-refractivity contribution in [3.8, 4) is 22.4 Å². The average molecular weight is 428 g/mol. The maximum Gasteiger partial charge on any atom is 0.273 e. The Hall–Kier alpha value is -4.44. The molecule has 0 unspecified atom stereocenters. The molecule has 6 aromatic rings. The number of aromatic nitrogens is 3. The summed E-state index contributed by atoms with van der Waals surface area (Å²) in [5.74, 6) is 0. The van der Waals surface area contributed by atoms with Gasteiger partial charge in [0.05, 0.1) is 5.69 Å². The van der Waals surface area contributed by atoms with E-state index >= 15 is 0 Å². The molecule has 0 aliphatic rings. The molecule has 1 N–H and O–H groups in total. The SMILES string of the molecule is O=c1cc(-c2ccccc2)nc2c(-c3cccc4ccccc34)c(Cc3ccccc3)[nH]n12. The van der Waals surface area contributed by atoms with Crippen LogP contribution in [0, 0.1) is 0 Å². The molecule has 6 rings (SSSR count). The molecule has 4 nitrogen and oxygen atoms in total. The molecule has 0 atom stereocenters. The number of aromatic amines is 1. The van der Waals surface area contributed by atoms with Crippen LogP contribution in [0.5, 0.6) is 0 Å². The highest BCUT2D eigenvalue weighted by molar-refractivity contribution is 6.00. The van der Waals surface area contributed by atoms with Gasteiger partial charge in [0.2, 0.25) is 0 Å². The van der Waals surface area contributed by atoms with Gasteiger partial charge in [0.15, 0.2) is 5.65 Å². The van der Waals surface area contributed by atoms with E-state index in [0.29, 0.717) is 17.8 Å². The lowest BCUT2D eigenvalue weighted by molar-refractivity contribution is 0.866. The average Bonchev–Trinajstić information content (AvgIpc) is 3.23. The monoisotopic (exact) mass is 427 g/mol. The van der Waals surface area contributed by atoms with Gasteiger partial charge in [0, 0.05) is 29.3 Å². The van der Waals surface area contributed by atoms with E-state index in [1.807, 2.05) is 60.7 Å². The number of nitrogens with zero attached hydrogens (tertiary/aromatic N) is 2. The van der Waals surface area contributed by atoms with Gasteiger partial charge >= 0.3 is 0 Å². The molecule has 33 heavy (non-hydrogen) atoms. The van der Waals surface area contributed by atoms with Gasteiger partial charge in [-0.1, -0.05) is 103 Å². The summed E-state index contributed by atoms with van der Waals surface area (Å²) in [4.78, 5) is 18.2. The van der Waals surface area contributed by atoms with Gasteiger partial charge in [-0.3, -0.25) is 9.89 Å². The number of benzene rings is 4. The van der Waals surface area contributed by atoms with Crippen LogP contribution in [0.3, 0.4) is 0 Å². The van der Waals surface area contributed by atoms with Gasteiger partial charge in [-0.15, -0.1) is 0 Å². The molecule has 0 spiro atoms. The molecule has 0 radical (unpaired) electrons. The van der Waals surface area contributed by atoms with Crippen LogP contribution in [0.1, 0.15) is 11.3 Å². The molecule has 0 saturated carbocycles. The third kappa shape index (κ3) is 3.42. The topological polar surface area (TPSA) is 50.2 Å². The van der Waals surface area contributed by atoms with Crippen molar-refractivity contribution < 1.29 is 0 Å². The summed E-state index contributed by atoms with van der Waals surface area (Å²) in [6, 6.07) is 36.3. The quantitative estimate of drug-likeness (QED) is 0.369. The molecular weight excluding hydrogens is 406 g/mol. The molecule has 0 saturated heterocycles. The second kappa shape index (κ2) is 7.92. The molecule has 158 valence electrons. The second-order valence-electron chi connectivity index (χ2n) is 8.16. The van der Waals surface area contributed by atoms with E-state index in [0.717, 1.165) is 33.2 Å². The summed E-state index contributed by atoms with van der Waals surface area (Å²) >= 11 is 0. The Morgan fingerprint density at radius 2 is 1.45 bits per heavy atom. The third-order valence-electron chi connectivity index (χ3n) is 6.04. The van der Waals surface area contributed by atoms with Crippen molar-refractivity contribution in [2.24, 2.45) is 0 Å². The van der Waals surface area contributed by atoms with Gasteiger partial charge in [0.25, 0.3) is 5.56 Å². The lowest BCUT2D eigenvalue weighted by Gasteiger charge is -2.09. The number of nitrogens with one attached hydrogen (secondary N) is 1. The molecule has 2 heterocycles.